The lowest BCUT2D eigenvalue weighted by molar-refractivity contribution is 0.520. The van der Waals surface area contributed by atoms with Crippen LogP contribution in [-0.2, 0) is 9.84 Å². The SMILES string of the molecule is CC(C)C(CS(=O)(=O)c1ccccc1)c1ccccc1. The first-order valence-electron chi connectivity index (χ1n) is 6.83. The van der Waals surface area contributed by atoms with Gasteiger partial charge in [-0.3, -0.25) is 0 Å². The molecule has 1 atom stereocenters. The van der Waals surface area contributed by atoms with Gasteiger partial charge in [0.25, 0.3) is 0 Å². The van der Waals surface area contributed by atoms with Crippen LogP contribution in [0.2, 0.25) is 0 Å². The van der Waals surface area contributed by atoms with Gasteiger partial charge in [-0.2, -0.15) is 0 Å². The molecular weight excluding hydrogens is 268 g/mol. The van der Waals surface area contributed by atoms with Crippen molar-refractivity contribution in [3.63, 3.8) is 0 Å². The molecule has 0 aromatic heterocycles. The molecule has 2 rings (SSSR count). The topological polar surface area (TPSA) is 34.1 Å². The van der Waals surface area contributed by atoms with Gasteiger partial charge in [0.1, 0.15) is 0 Å². The van der Waals surface area contributed by atoms with Crippen LogP contribution in [-0.4, -0.2) is 14.2 Å². The zero-order chi connectivity index (χ0) is 14.6. The van der Waals surface area contributed by atoms with Crippen molar-refractivity contribution in [3.05, 3.63) is 66.2 Å². The Labute approximate surface area is 121 Å². The Morgan fingerprint density at radius 1 is 0.850 bits per heavy atom. The molecule has 2 nitrogen and oxygen atoms in total. The molecule has 1 unspecified atom stereocenters. The van der Waals surface area contributed by atoms with Gasteiger partial charge in [0, 0.05) is 5.92 Å². The van der Waals surface area contributed by atoms with E-state index in [1.807, 2.05) is 36.4 Å². The fourth-order valence-electron chi connectivity index (χ4n) is 2.33. The summed E-state index contributed by atoms with van der Waals surface area (Å²) in [7, 11) is -3.25. The van der Waals surface area contributed by atoms with E-state index >= 15 is 0 Å². The summed E-state index contributed by atoms with van der Waals surface area (Å²) < 4.78 is 25.0. The summed E-state index contributed by atoms with van der Waals surface area (Å²) in [6.07, 6.45) is 0. The van der Waals surface area contributed by atoms with Gasteiger partial charge in [-0.15, -0.1) is 0 Å². The third-order valence-electron chi connectivity index (χ3n) is 3.53. The summed E-state index contributed by atoms with van der Waals surface area (Å²) in [6, 6.07) is 18.6. The lowest BCUT2D eigenvalue weighted by Crippen LogP contribution is -2.19. The first-order valence-corrected chi connectivity index (χ1v) is 8.48. The van der Waals surface area contributed by atoms with E-state index in [-0.39, 0.29) is 17.6 Å². The summed E-state index contributed by atoms with van der Waals surface area (Å²) in [5, 5.41) is 0. The summed E-state index contributed by atoms with van der Waals surface area (Å²) in [5.74, 6) is 0.441. The summed E-state index contributed by atoms with van der Waals surface area (Å²) in [6.45, 7) is 4.14. The van der Waals surface area contributed by atoms with Crippen molar-refractivity contribution >= 4 is 9.84 Å². The maximum absolute atomic E-state index is 12.5. The molecule has 0 bridgehead atoms. The quantitative estimate of drug-likeness (QED) is 0.836. The first-order chi connectivity index (χ1) is 9.50. The summed E-state index contributed by atoms with van der Waals surface area (Å²) in [4.78, 5) is 0.404. The Bertz CT molecular complexity index is 631. The first kappa shape index (κ1) is 14.8. The number of rotatable bonds is 5. The lowest BCUT2D eigenvalue weighted by Gasteiger charge is -2.21. The molecule has 2 aromatic carbocycles. The van der Waals surface area contributed by atoms with Gasteiger partial charge in [0.05, 0.1) is 10.6 Å². The van der Waals surface area contributed by atoms with Crippen LogP contribution in [0.3, 0.4) is 0 Å². The van der Waals surface area contributed by atoms with Crippen molar-refractivity contribution in [1.29, 1.82) is 0 Å². The van der Waals surface area contributed by atoms with Crippen LogP contribution in [0, 0.1) is 5.92 Å². The minimum absolute atomic E-state index is 0.0152. The highest BCUT2D eigenvalue weighted by Gasteiger charge is 2.24. The summed E-state index contributed by atoms with van der Waals surface area (Å²) >= 11 is 0. The molecule has 106 valence electrons. The zero-order valence-electron chi connectivity index (χ0n) is 11.9. The predicted octanol–water partition coefficient (Wildman–Crippen LogP) is 3.90. The fourth-order valence-corrected chi connectivity index (χ4v) is 4.15. The van der Waals surface area contributed by atoms with Crippen molar-refractivity contribution < 1.29 is 8.42 Å². The van der Waals surface area contributed by atoms with Crippen LogP contribution in [0.5, 0.6) is 0 Å². The molecule has 0 amide bonds. The Kier molecular flexibility index (Phi) is 4.61. The van der Waals surface area contributed by atoms with E-state index < -0.39 is 9.84 Å². The average molecular weight is 288 g/mol. The molecule has 0 aliphatic carbocycles. The minimum atomic E-state index is -3.25. The third kappa shape index (κ3) is 3.48. The molecule has 0 fully saturated rings. The van der Waals surface area contributed by atoms with E-state index in [0.29, 0.717) is 4.90 Å². The highest BCUT2D eigenvalue weighted by Crippen LogP contribution is 2.28. The number of sulfone groups is 1. The van der Waals surface area contributed by atoms with Crippen molar-refractivity contribution in [3.8, 4) is 0 Å². The molecule has 0 spiro atoms. The van der Waals surface area contributed by atoms with Gasteiger partial charge in [0.15, 0.2) is 9.84 Å². The van der Waals surface area contributed by atoms with Crippen molar-refractivity contribution in [2.75, 3.05) is 5.75 Å². The minimum Gasteiger partial charge on any atom is -0.224 e. The summed E-state index contributed by atoms with van der Waals surface area (Å²) in [5.41, 5.74) is 1.09. The molecule has 0 aliphatic rings. The molecule has 0 saturated carbocycles. The Morgan fingerprint density at radius 3 is 1.85 bits per heavy atom. The van der Waals surface area contributed by atoms with E-state index in [9.17, 15) is 8.42 Å². The Hall–Kier alpha value is -1.61. The van der Waals surface area contributed by atoms with E-state index in [0.717, 1.165) is 5.56 Å². The average Bonchev–Trinajstić information content (AvgIpc) is 2.46. The Morgan fingerprint density at radius 2 is 1.35 bits per heavy atom. The van der Waals surface area contributed by atoms with Crippen LogP contribution < -0.4 is 0 Å². The van der Waals surface area contributed by atoms with Crippen molar-refractivity contribution in [1.82, 2.24) is 0 Å². The van der Waals surface area contributed by atoms with Gasteiger partial charge in [-0.25, -0.2) is 8.42 Å². The predicted molar refractivity (Wildman–Crippen MR) is 82.5 cm³/mol. The molecule has 0 radical (unpaired) electrons. The molecular formula is C17H20O2S. The third-order valence-corrected chi connectivity index (χ3v) is 5.32. The second-order valence-electron chi connectivity index (χ2n) is 5.36. The Balaban J connectivity index is 2.30. The van der Waals surface area contributed by atoms with Crippen LogP contribution in [0.15, 0.2) is 65.6 Å². The second kappa shape index (κ2) is 6.23. The monoisotopic (exact) mass is 288 g/mol. The molecule has 0 saturated heterocycles. The van der Waals surface area contributed by atoms with Crippen LogP contribution in [0.25, 0.3) is 0 Å². The van der Waals surface area contributed by atoms with E-state index in [1.54, 1.807) is 24.3 Å². The highest BCUT2D eigenvalue weighted by atomic mass is 32.2. The van der Waals surface area contributed by atoms with Crippen LogP contribution in [0.1, 0.15) is 25.3 Å². The molecule has 2 aromatic rings. The van der Waals surface area contributed by atoms with Gasteiger partial charge < -0.3 is 0 Å². The normalized spacial score (nSPS) is 13.3. The number of hydrogen-bond acceptors (Lipinski definition) is 2. The molecule has 0 heterocycles. The maximum Gasteiger partial charge on any atom is 0.178 e. The fraction of sp³-hybridized carbons (Fsp3) is 0.294. The van der Waals surface area contributed by atoms with E-state index in [4.69, 9.17) is 0 Å². The van der Waals surface area contributed by atoms with Crippen molar-refractivity contribution in [2.24, 2.45) is 5.92 Å². The molecule has 20 heavy (non-hydrogen) atoms. The lowest BCUT2D eigenvalue weighted by atomic mass is 9.90. The van der Waals surface area contributed by atoms with E-state index in [1.165, 1.54) is 0 Å². The van der Waals surface area contributed by atoms with Gasteiger partial charge in [-0.1, -0.05) is 62.4 Å². The highest BCUT2D eigenvalue weighted by molar-refractivity contribution is 7.91. The van der Waals surface area contributed by atoms with E-state index in [2.05, 4.69) is 13.8 Å². The molecule has 0 aliphatic heterocycles. The largest absolute Gasteiger partial charge is 0.224 e. The molecule has 0 N–H and O–H groups in total. The van der Waals surface area contributed by atoms with Crippen LogP contribution in [0.4, 0.5) is 0 Å². The molecule has 3 heteroatoms. The van der Waals surface area contributed by atoms with Crippen LogP contribution >= 0.6 is 0 Å². The maximum atomic E-state index is 12.5. The van der Waals surface area contributed by atoms with Gasteiger partial charge in [0.2, 0.25) is 0 Å². The number of hydrogen-bond donors (Lipinski definition) is 0. The number of benzene rings is 2. The standard InChI is InChI=1S/C17H20O2S/c1-14(2)17(15-9-5-3-6-10-15)13-20(18,19)16-11-7-4-8-12-16/h3-12,14,17H,13H2,1-2H3. The smallest absolute Gasteiger partial charge is 0.178 e. The van der Waals surface area contributed by atoms with Crippen molar-refractivity contribution in [2.45, 2.75) is 24.7 Å². The second-order valence-corrected chi connectivity index (χ2v) is 7.39. The zero-order valence-corrected chi connectivity index (χ0v) is 12.7. The van der Waals surface area contributed by atoms with Gasteiger partial charge in [-0.05, 0) is 23.6 Å². The van der Waals surface area contributed by atoms with Gasteiger partial charge >= 0.3 is 0 Å².